The van der Waals surface area contributed by atoms with Crippen LogP contribution in [0, 0.1) is 0 Å². The molecule has 0 aliphatic heterocycles. The predicted octanol–water partition coefficient (Wildman–Crippen LogP) is 1.43. The molecule has 1 rings (SSSR count). The zero-order valence-electron chi connectivity index (χ0n) is 12.7. The third kappa shape index (κ3) is 4.82. The molecule has 20 heavy (non-hydrogen) atoms. The van der Waals surface area contributed by atoms with Crippen LogP contribution < -0.4 is 5.32 Å². The first-order chi connectivity index (χ1) is 9.41. The molecule has 0 atom stereocenters. The van der Waals surface area contributed by atoms with Gasteiger partial charge in [0, 0.05) is 26.2 Å². The predicted molar refractivity (Wildman–Crippen MR) is 84.7 cm³/mol. The molecule has 0 aliphatic carbocycles. The Hall–Kier alpha value is -0.470. The van der Waals surface area contributed by atoms with Crippen LogP contribution in [-0.4, -0.2) is 58.4 Å². The second kappa shape index (κ2) is 8.09. The van der Waals surface area contributed by atoms with Crippen molar-refractivity contribution in [2.45, 2.75) is 24.1 Å². The largest absolute Gasteiger partial charge is 0.316 e. The van der Waals surface area contributed by atoms with Crippen molar-refractivity contribution in [3.8, 4) is 0 Å². The molecule has 1 aromatic rings. The van der Waals surface area contributed by atoms with Crippen LogP contribution in [0.3, 0.4) is 0 Å². The molecule has 0 fully saturated rings. The van der Waals surface area contributed by atoms with Gasteiger partial charge in [0.15, 0.2) is 0 Å². The highest BCUT2D eigenvalue weighted by Gasteiger charge is 2.25. The highest BCUT2D eigenvalue weighted by atomic mass is 32.2. The van der Waals surface area contributed by atoms with Crippen LogP contribution >= 0.6 is 11.3 Å². The summed E-state index contributed by atoms with van der Waals surface area (Å²) in [5.41, 5.74) is 1.01. The standard InChI is InChI=1S/C13H25N3O2S2/c1-5-6-16(8-7-15(3)4)20(17,18)13-9-12(10-14-2)11-19-13/h9,11,14H,5-8,10H2,1-4H3. The Morgan fingerprint density at radius 3 is 2.50 bits per heavy atom. The smallest absolute Gasteiger partial charge is 0.252 e. The normalized spacial score (nSPS) is 12.5. The van der Waals surface area contributed by atoms with E-state index in [1.54, 1.807) is 10.4 Å². The first-order valence-electron chi connectivity index (χ1n) is 6.78. The monoisotopic (exact) mass is 319 g/mol. The van der Waals surface area contributed by atoms with Gasteiger partial charge in [0.25, 0.3) is 10.0 Å². The van der Waals surface area contributed by atoms with E-state index in [0.29, 0.717) is 23.8 Å². The van der Waals surface area contributed by atoms with E-state index in [1.165, 1.54) is 11.3 Å². The molecule has 0 bridgehead atoms. The molecule has 0 amide bonds. The lowest BCUT2D eigenvalue weighted by Crippen LogP contribution is -2.36. The average molecular weight is 319 g/mol. The fourth-order valence-electron chi connectivity index (χ4n) is 1.83. The van der Waals surface area contributed by atoms with Gasteiger partial charge in [-0.25, -0.2) is 8.42 Å². The third-order valence-corrected chi connectivity index (χ3v) is 6.24. The molecule has 1 aromatic heterocycles. The molecule has 1 N–H and O–H groups in total. The summed E-state index contributed by atoms with van der Waals surface area (Å²) < 4.78 is 27.3. The van der Waals surface area contributed by atoms with Gasteiger partial charge in [-0.2, -0.15) is 4.31 Å². The van der Waals surface area contributed by atoms with Crippen molar-refractivity contribution in [3.63, 3.8) is 0 Å². The maximum Gasteiger partial charge on any atom is 0.252 e. The van der Waals surface area contributed by atoms with Crippen LogP contribution in [0.1, 0.15) is 18.9 Å². The topological polar surface area (TPSA) is 52.7 Å². The minimum Gasteiger partial charge on any atom is -0.316 e. The molecular weight excluding hydrogens is 294 g/mol. The minimum absolute atomic E-state index is 0.440. The number of sulfonamides is 1. The average Bonchev–Trinajstić information content (AvgIpc) is 2.83. The van der Waals surface area contributed by atoms with Crippen LogP contribution in [0.5, 0.6) is 0 Å². The van der Waals surface area contributed by atoms with Gasteiger partial charge >= 0.3 is 0 Å². The van der Waals surface area contributed by atoms with Crippen molar-refractivity contribution in [1.29, 1.82) is 0 Å². The van der Waals surface area contributed by atoms with Gasteiger partial charge in [0.2, 0.25) is 0 Å². The molecule has 0 unspecified atom stereocenters. The Kier molecular flexibility index (Phi) is 7.11. The van der Waals surface area contributed by atoms with Crippen LogP contribution in [0.2, 0.25) is 0 Å². The van der Waals surface area contributed by atoms with Gasteiger partial charge in [-0.3, -0.25) is 0 Å². The highest BCUT2D eigenvalue weighted by Crippen LogP contribution is 2.24. The fourth-order valence-corrected chi connectivity index (χ4v) is 4.71. The van der Waals surface area contributed by atoms with Crippen LogP contribution in [0.15, 0.2) is 15.7 Å². The summed E-state index contributed by atoms with van der Waals surface area (Å²) in [6, 6.07) is 1.77. The van der Waals surface area contributed by atoms with E-state index in [2.05, 4.69) is 5.32 Å². The van der Waals surface area contributed by atoms with Crippen LogP contribution in [0.25, 0.3) is 0 Å². The second-order valence-corrected chi connectivity index (χ2v) is 8.09. The summed E-state index contributed by atoms with van der Waals surface area (Å²) in [4.78, 5) is 2.00. The van der Waals surface area contributed by atoms with Crippen molar-refractivity contribution in [3.05, 3.63) is 17.0 Å². The zero-order valence-corrected chi connectivity index (χ0v) is 14.4. The van der Waals surface area contributed by atoms with E-state index in [-0.39, 0.29) is 0 Å². The van der Waals surface area contributed by atoms with Crippen LogP contribution in [0.4, 0.5) is 0 Å². The second-order valence-electron chi connectivity index (χ2n) is 5.01. The number of thiophene rings is 1. The quantitative estimate of drug-likeness (QED) is 0.748. The van der Waals surface area contributed by atoms with E-state index < -0.39 is 10.0 Å². The first kappa shape index (κ1) is 17.6. The molecule has 5 nitrogen and oxygen atoms in total. The lowest BCUT2D eigenvalue weighted by Gasteiger charge is -2.22. The van der Waals surface area contributed by atoms with E-state index in [0.717, 1.165) is 18.5 Å². The summed E-state index contributed by atoms with van der Waals surface area (Å²) in [6.07, 6.45) is 0.821. The molecule has 0 aromatic carbocycles. The molecule has 1 heterocycles. The minimum atomic E-state index is -3.36. The number of likely N-dealkylation sites (N-methyl/N-ethyl adjacent to an activating group) is 1. The Bertz CT molecular complexity index is 497. The molecular formula is C13H25N3O2S2. The highest BCUT2D eigenvalue weighted by molar-refractivity contribution is 7.91. The third-order valence-electron chi connectivity index (χ3n) is 2.87. The number of rotatable bonds is 9. The van der Waals surface area contributed by atoms with Gasteiger partial charge in [-0.1, -0.05) is 6.92 Å². The lowest BCUT2D eigenvalue weighted by molar-refractivity contribution is 0.333. The Morgan fingerprint density at radius 1 is 1.25 bits per heavy atom. The fraction of sp³-hybridized carbons (Fsp3) is 0.692. The van der Waals surface area contributed by atoms with Gasteiger partial charge in [0.05, 0.1) is 0 Å². The molecule has 116 valence electrons. The van der Waals surface area contributed by atoms with Crippen molar-refractivity contribution in [2.24, 2.45) is 0 Å². The van der Waals surface area contributed by atoms with Crippen molar-refractivity contribution < 1.29 is 8.42 Å². The Balaban J connectivity index is 2.90. The van der Waals surface area contributed by atoms with E-state index in [4.69, 9.17) is 0 Å². The molecule has 7 heteroatoms. The van der Waals surface area contributed by atoms with Crippen molar-refractivity contribution in [2.75, 3.05) is 40.8 Å². The van der Waals surface area contributed by atoms with Crippen LogP contribution in [-0.2, 0) is 16.6 Å². The maximum absolute atomic E-state index is 12.6. The van der Waals surface area contributed by atoms with Crippen molar-refractivity contribution in [1.82, 2.24) is 14.5 Å². The SMILES string of the molecule is CCCN(CCN(C)C)S(=O)(=O)c1cc(CNC)cs1. The van der Waals surface area contributed by atoms with Gasteiger partial charge in [-0.05, 0) is 44.6 Å². The molecule has 0 saturated carbocycles. The number of nitrogens with one attached hydrogen (secondary N) is 1. The summed E-state index contributed by atoms with van der Waals surface area (Å²) in [6.45, 7) is 4.52. The number of hydrogen-bond donors (Lipinski definition) is 1. The van der Waals surface area contributed by atoms with E-state index >= 15 is 0 Å². The molecule has 0 radical (unpaired) electrons. The van der Waals surface area contributed by atoms with Gasteiger partial charge in [0.1, 0.15) is 4.21 Å². The maximum atomic E-state index is 12.6. The molecule has 0 saturated heterocycles. The Labute approximate surface area is 126 Å². The molecule has 0 spiro atoms. The number of hydrogen-bond acceptors (Lipinski definition) is 5. The number of nitrogens with zero attached hydrogens (tertiary/aromatic N) is 2. The lowest BCUT2D eigenvalue weighted by atomic mass is 10.3. The summed E-state index contributed by atoms with van der Waals surface area (Å²) in [5.74, 6) is 0. The zero-order chi connectivity index (χ0) is 15.2. The summed E-state index contributed by atoms with van der Waals surface area (Å²) in [5, 5.41) is 4.94. The molecule has 0 aliphatic rings. The van der Waals surface area contributed by atoms with E-state index in [9.17, 15) is 8.42 Å². The summed E-state index contributed by atoms with van der Waals surface area (Å²) in [7, 11) is 2.40. The summed E-state index contributed by atoms with van der Waals surface area (Å²) >= 11 is 1.30. The Morgan fingerprint density at radius 2 is 1.95 bits per heavy atom. The van der Waals surface area contributed by atoms with Crippen molar-refractivity contribution >= 4 is 21.4 Å². The van der Waals surface area contributed by atoms with Gasteiger partial charge < -0.3 is 10.2 Å². The first-order valence-corrected chi connectivity index (χ1v) is 9.10. The van der Waals surface area contributed by atoms with E-state index in [1.807, 2.05) is 38.3 Å². The van der Waals surface area contributed by atoms with Gasteiger partial charge in [-0.15, -0.1) is 11.3 Å².